The first-order valence-corrected chi connectivity index (χ1v) is 6.95. The normalized spacial score (nSPS) is 12.2. The molecule has 2 aromatic carbocycles. The molecular weight excluding hydrogens is 242 g/mol. The van der Waals surface area contributed by atoms with Gasteiger partial charge in [-0.2, -0.15) is 0 Å². The van der Waals surface area contributed by atoms with Gasteiger partial charge in [0, 0.05) is 11.7 Å². The highest BCUT2D eigenvalue weighted by atomic mass is 14.9. The first-order chi connectivity index (χ1) is 9.78. The number of aryl methyl sites for hydroxylation is 1. The molecule has 0 saturated heterocycles. The summed E-state index contributed by atoms with van der Waals surface area (Å²) >= 11 is 0. The molecule has 1 heteroatoms. The van der Waals surface area contributed by atoms with Crippen LogP contribution in [0.4, 0.5) is 5.69 Å². The molecule has 0 aromatic heterocycles. The second kappa shape index (κ2) is 7.34. The maximum Gasteiger partial charge on any atom is 0.0482 e. The first kappa shape index (κ1) is 14.1. The van der Waals surface area contributed by atoms with E-state index < -0.39 is 0 Å². The summed E-state index contributed by atoms with van der Waals surface area (Å²) in [5.74, 6) is 0. The lowest BCUT2D eigenvalue weighted by molar-refractivity contribution is 0.899. The van der Waals surface area contributed by atoms with E-state index in [1.807, 2.05) is 12.1 Å². The van der Waals surface area contributed by atoms with Crippen molar-refractivity contribution in [1.29, 1.82) is 0 Å². The highest BCUT2D eigenvalue weighted by Crippen LogP contribution is 2.13. The van der Waals surface area contributed by atoms with Gasteiger partial charge in [-0.3, -0.25) is 0 Å². The molecule has 0 amide bonds. The van der Waals surface area contributed by atoms with Gasteiger partial charge >= 0.3 is 0 Å². The zero-order valence-corrected chi connectivity index (χ0v) is 11.9. The van der Waals surface area contributed by atoms with E-state index in [2.05, 4.69) is 79.5 Å². The fourth-order valence-corrected chi connectivity index (χ4v) is 2.02. The largest absolute Gasteiger partial charge is 0.379 e. The predicted octanol–water partition coefficient (Wildman–Crippen LogP) is 5.07. The van der Waals surface area contributed by atoms with Crippen LogP contribution in [0.5, 0.6) is 0 Å². The Hall–Kier alpha value is -2.28. The maximum absolute atomic E-state index is 3.84. The molecule has 0 aliphatic heterocycles. The fraction of sp³-hybridized carbons (Fsp3) is 0.158. The highest BCUT2D eigenvalue weighted by molar-refractivity contribution is 5.52. The van der Waals surface area contributed by atoms with Gasteiger partial charge < -0.3 is 5.32 Å². The van der Waals surface area contributed by atoms with E-state index in [0.717, 1.165) is 12.1 Å². The van der Waals surface area contributed by atoms with E-state index in [1.165, 1.54) is 11.1 Å². The van der Waals surface area contributed by atoms with Crippen LogP contribution < -0.4 is 5.32 Å². The van der Waals surface area contributed by atoms with E-state index in [-0.39, 0.29) is 6.04 Å². The summed E-state index contributed by atoms with van der Waals surface area (Å²) in [5, 5.41) is 3.52. The average Bonchev–Trinajstić information content (AvgIpc) is 2.48. The maximum atomic E-state index is 3.84. The molecule has 2 aromatic rings. The zero-order valence-electron chi connectivity index (χ0n) is 11.9. The number of rotatable bonds is 6. The quantitative estimate of drug-likeness (QED) is 0.718. The SMILES string of the molecule is C=CCC(/C=C/c1ccccc1)Nc1ccc(C)cc1. The molecule has 20 heavy (non-hydrogen) atoms. The molecule has 2 rings (SSSR count). The minimum atomic E-state index is 0.260. The number of anilines is 1. The minimum absolute atomic E-state index is 0.260. The zero-order chi connectivity index (χ0) is 14.2. The molecular formula is C19H21N. The topological polar surface area (TPSA) is 12.0 Å². The fourth-order valence-electron chi connectivity index (χ4n) is 2.02. The molecule has 0 aliphatic carbocycles. The second-order valence-corrected chi connectivity index (χ2v) is 4.91. The van der Waals surface area contributed by atoms with Crippen LogP contribution in [0.2, 0.25) is 0 Å². The van der Waals surface area contributed by atoms with Crippen molar-refractivity contribution in [2.45, 2.75) is 19.4 Å². The lowest BCUT2D eigenvalue weighted by Crippen LogP contribution is -2.15. The third kappa shape index (κ3) is 4.43. The molecule has 102 valence electrons. The van der Waals surface area contributed by atoms with Crippen LogP contribution in [0, 0.1) is 6.92 Å². The van der Waals surface area contributed by atoms with Crippen LogP contribution in [0.1, 0.15) is 17.5 Å². The summed E-state index contributed by atoms with van der Waals surface area (Å²) in [5.41, 5.74) is 3.63. The van der Waals surface area contributed by atoms with Gasteiger partial charge in [0.25, 0.3) is 0 Å². The molecule has 0 spiro atoms. The minimum Gasteiger partial charge on any atom is -0.379 e. The van der Waals surface area contributed by atoms with Gasteiger partial charge in [0.1, 0.15) is 0 Å². The standard InChI is InChI=1S/C19H21N/c1-3-7-18(15-12-17-8-5-4-6-9-17)20-19-13-10-16(2)11-14-19/h3-6,8-15,18,20H,1,7H2,2H3/b15-12+. The molecule has 0 bridgehead atoms. The Kier molecular flexibility index (Phi) is 5.19. The molecule has 1 atom stereocenters. The summed E-state index contributed by atoms with van der Waals surface area (Å²) in [6.07, 6.45) is 7.19. The summed E-state index contributed by atoms with van der Waals surface area (Å²) in [6, 6.07) is 19.1. The van der Waals surface area contributed by atoms with Gasteiger partial charge in [-0.25, -0.2) is 0 Å². The lowest BCUT2D eigenvalue weighted by Gasteiger charge is -2.15. The van der Waals surface area contributed by atoms with Crippen LogP contribution in [-0.2, 0) is 0 Å². The number of benzene rings is 2. The molecule has 1 unspecified atom stereocenters. The van der Waals surface area contributed by atoms with Crippen LogP contribution in [0.15, 0.2) is 73.3 Å². The van der Waals surface area contributed by atoms with E-state index in [0.29, 0.717) is 0 Å². The Morgan fingerprint density at radius 1 is 1.05 bits per heavy atom. The number of hydrogen-bond donors (Lipinski definition) is 1. The summed E-state index contributed by atoms with van der Waals surface area (Å²) in [7, 11) is 0. The monoisotopic (exact) mass is 263 g/mol. The van der Waals surface area contributed by atoms with E-state index >= 15 is 0 Å². The number of hydrogen-bond acceptors (Lipinski definition) is 1. The van der Waals surface area contributed by atoms with Crippen LogP contribution in [0.25, 0.3) is 6.08 Å². The van der Waals surface area contributed by atoms with Crippen LogP contribution in [0.3, 0.4) is 0 Å². The molecule has 0 heterocycles. The van der Waals surface area contributed by atoms with Gasteiger partial charge in [-0.05, 0) is 31.0 Å². The first-order valence-electron chi connectivity index (χ1n) is 6.95. The van der Waals surface area contributed by atoms with Crippen LogP contribution >= 0.6 is 0 Å². The molecule has 1 N–H and O–H groups in total. The molecule has 0 fully saturated rings. The lowest BCUT2D eigenvalue weighted by atomic mass is 10.1. The average molecular weight is 263 g/mol. The van der Waals surface area contributed by atoms with E-state index in [9.17, 15) is 0 Å². The van der Waals surface area contributed by atoms with Crippen molar-refractivity contribution in [3.8, 4) is 0 Å². The Bertz CT molecular complexity index is 552. The van der Waals surface area contributed by atoms with Crippen molar-refractivity contribution in [3.63, 3.8) is 0 Å². The predicted molar refractivity (Wildman–Crippen MR) is 88.9 cm³/mol. The molecule has 0 aliphatic rings. The second-order valence-electron chi connectivity index (χ2n) is 4.91. The van der Waals surface area contributed by atoms with Gasteiger partial charge in [-0.1, -0.05) is 66.3 Å². The molecule has 1 nitrogen and oxygen atoms in total. The van der Waals surface area contributed by atoms with Crippen molar-refractivity contribution in [2.24, 2.45) is 0 Å². The van der Waals surface area contributed by atoms with Crippen LogP contribution in [-0.4, -0.2) is 6.04 Å². The highest BCUT2D eigenvalue weighted by Gasteiger charge is 2.02. The van der Waals surface area contributed by atoms with Crippen molar-refractivity contribution in [3.05, 3.63) is 84.5 Å². The van der Waals surface area contributed by atoms with Gasteiger partial charge in [0.05, 0.1) is 0 Å². The smallest absolute Gasteiger partial charge is 0.0482 e. The van der Waals surface area contributed by atoms with E-state index in [4.69, 9.17) is 0 Å². The Morgan fingerprint density at radius 3 is 2.40 bits per heavy atom. The van der Waals surface area contributed by atoms with Gasteiger partial charge in [0.15, 0.2) is 0 Å². The Labute approximate surface area is 121 Å². The third-order valence-corrected chi connectivity index (χ3v) is 3.14. The summed E-state index contributed by atoms with van der Waals surface area (Å²) < 4.78 is 0. The van der Waals surface area contributed by atoms with Gasteiger partial charge in [0.2, 0.25) is 0 Å². The van der Waals surface area contributed by atoms with Crippen molar-refractivity contribution >= 4 is 11.8 Å². The Balaban J connectivity index is 2.05. The van der Waals surface area contributed by atoms with E-state index in [1.54, 1.807) is 0 Å². The van der Waals surface area contributed by atoms with Gasteiger partial charge in [-0.15, -0.1) is 6.58 Å². The number of nitrogens with one attached hydrogen (secondary N) is 1. The van der Waals surface area contributed by atoms with Crippen molar-refractivity contribution in [2.75, 3.05) is 5.32 Å². The third-order valence-electron chi connectivity index (χ3n) is 3.14. The molecule has 0 radical (unpaired) electrons. The van der Waals surface area contributed by atoms with Crippen molar-refractivity contribution in [1.82, 2.24) is 0 Å². The Morgan fingerprint density at radius 2 is 1.75 bits per heavy atom. The molecule has 0 saturated carbocycles. The summed E-state index contributed by atoms with van der Waals surface area (Å²) in [6.45, 7) is 5.93. The summed E-state index contributed by atoms with van der Waals surface area (Å²) in [4.78, 5) is 0. The van der Waals surface area contributed by atoms with Crippen molar-refractivity contribution < 1.29 is 0 Å².